The van der Waals surface area contributed by atoms with Gasteiger partial charge in [0.25, 0.3) is 0 Å². The summed E-state index contributed by atoms with van der Waals surface area (Å²) in [4.78, 5) is 46.1. The number of benzene rings is 2. The number of ether oxygens (including phenoxy) is 1. The summed E-state index contributed by atoms with van der Waals surface area (Å²) in [5.41, 5.74) is 2.46. The van der Waals surface area contributed by atoms with Crippen molar-refractivity contribution in [3.63, 3.8) is 0 Å². The van der Waals surface area contributed by atoms with Crippen molar-refractivity contribution in [2.75, 3.05) is 19.8 Å². The fourth-order valence-corrected chi connectivity index (χ4v) is 9.07. The smallest absolute Gasteiger partial charge is 0.311 e. The van der Waals surface area contributed by atoms with Crippen LogP contribution in [0.2, 0.25) is 0 Å². The lowest BCUT2D eigenvalue weighted by molar-refractivity contribution is -0.153. The Bertz CT molecular complexity index is 1610. The van der Waals surface area contributed by atoms with Gasteiger partial charge in [-0.1, -0.05) is 72.0 Å². The molecular weight excluding hydrogens is 566 g/mol. The molecule has 6 atom stereocenters. The van der Waals surface area contributed by atoms with Crippen LogP contribution in [0.5, 0.6) is 0 Å². The summed E-state index contributed by atoms with van der Waals surface area (Å²) in [5, 5.41) is 18.9. The highest BCUT2D eigenvalue weighted by molar-refractivity contribution is 8.02. The molecule has 5 heterocycles. The zero-order valence-corrected chi connectivity index (χ0v) is 24.4. The number of carbonyl (C=O) groups is 3. The number of aliphatic hydroxyl groups excluding tert-OH is 1. The quantitative estimate of drug-likeness (QED) is 0.340. The van der Waals surface area contributed by atoms with Crippen molar-refractivity contribution in [3.05, 3.63) is 84.5 Å². The Labute approximate surface area is 253 Å². The van der Waals surface area contributed by atoms with Crippen LogP contribution in [0, 0.1) is 11.8 Å². The zero-order valence-electron chi connectivity index (χ0n) is 23.6. The Morgan fingerprint density at radius 1 is 1.05 bits per heavy atom. The number of aromatic nitrogens is 3. The summed E-state index contributed by atoms with van der Waals surface area (Å²) in [6.07, 6.45) is 9.83. The van der Waals surface area contributed by atoms with E-state index < -0.39 is 34.6 Å². The van der Waals surface area contributed by atoms with Crippen LogP contribution in [-0.2, 0) is 32.2 Å². The monoisotopic (exact) mass is 599 g/mol. The summed E-state index contributed by atoms with van der Waals surface area (Å²) in [6, 6.07) is 15.6. The maximum atomic E-state index is 14.7. The van der Waals surface area contributed by atoms with Gasteiger partial charge in [-0.25, -0.2) is 4.68 Å². The van der Waals surface area contributed by atoms with Gasteiger partial charge >= 0.3 is 5.97 Å². The normalized spacial score (nSPS) is 30.1. The number of thioether (sulfide) groups is 1. The van der Waals surface area contributed by atoms with Crippen LogP contribution in [0.15, 0.2) is 78.9 Å². The lowest BCUT2D eigenvalue weighted by atomic mass is 9.78. The number of nitrogens with zero attached hydrogens (tertiary/aromatic N) is 5. The molecule has 222 valence electrons. The van der Waals surface area contributed by atoms with Gasteiger partial charge in [-0.05, 0) is 37.0 Å². The van der Waals surface area contributed by atoms with Gasteiger partial charge < -0.3 is 19.6 Å². The lowest BCUT2D eigenvalue weighted by Gasteiger charge is -2.38. The minimum atomic E-state index is -1.00. The van der Waals surface area contributed by atoms with Gasteiger partial charge in [0.1, 0.15) is 18.2 Å². The van der Waals surface area contributed by atoms with Gasteiger partial charge in [-0.15, -0.1) is 16.9 Å². The molecule has 43 heavy (non-hydrogen) atoms. The number of allylic oxidation sites excluding steroid dienone is 1. The topological polar surface area (TPSA) is 118 Å². The first kappa shape index (κ1) is 27.8. The molecule has 11 heteroatoms. The molecule has 3 aromatic rings. The van der Waals surface area contributed by atoms with Crippen LogP contribution < -0.4 is 0 Å². The highest BCUT2D eigenvalue weighted by Gasteiger charge is 2.71. The van der Waals surface area contributed by atoms with Crippen molar-refractivity contribution in [3.8, 4) is 0 Å². The molecule has 4 aliphatic heterocycles. The molecule has 10 nitrogen and oxygen atoms in total. The minimum Gasteiger partial charge on any atom is -0.465 e. The summed E-state index contributed by atoms with van der Waals surface area (Å²) in [5.74, 6) is -2.49. The van der Waals surface area contributed by atoms with Gasteiger partial charge in [0.15, 0.2) is 0 Å². The summed E-state index contributed by atoms with van der Waals surface area (Å²) in [6.45, 7) is 0.414. The predicted molar refractivity (Wildman–Crippen MR) is 160 cm³/mol. The van der Waals surface area contributed by atoms with Gasteiger partial charge in [0.2, 0.25) is 11.8 Å². The van der Waals surface area contributed by atoms with Crippen LogP contribution in [0.4, 0.5) is 0 Å². The Morgan fingerprint density at radius 3 is 2.70 bits per heavy atom. The second kappa shape index (κ2) is 11.3. The highest BCUT2D eigenvalue weighted by atomic mass is 32.2. The van der Waals surface area contributed by atoms with Crippen LogP contribution >= 0.6 is 11.8 Å². The van der Waals surface area contributed by atoms with E-state index in [4.69, 9.17) is 4.74 Å². The van der Waals surface area contributed by atoms with Crippen LogP contribution in [0.1, 0.15) is 18.4 Å². The fourth-order valence-electron chi connectivity index (χ4n) is 7.08. The van der Waals surface area contributed by atoms with Gasteiger partial charge in [0.05, 0.1) is 41.4 Å². The molecule has 1 unspecified atom stereocenters. The first-order valence-electron chi connectivity index (χ1n) is 14.7. The number of likely N-dealkylation sites (tertiary alicyclic amines) is 1. The molecule has 4 aliphatic rings. The highest BCUT2D eigenvalue weighted by Crippen LogP contribution is 2.61. The van der Waals surface area contributed by atoms with E-state index >= 15 is 0 Å². The van der Waals surface area contributed by atoms with Crippen molar-refractivity contribution in [1.82, 2.24) is 24.8 Å². The van der Waals surface area contributed by atoms with E-state index in [0.29, 0.717) is 19.6 Å². The minimum absolute atomic E-state index is 0.144. The second-order valence-corrected chi connectivity index (χ2v) is 13.0. The number of aliphatic hydroxyl groups is 1. The van der Waals surface area contributed by atoms with Crippen molar-refractivity contribution in [2.45, 2.75) is 48.0 Å². The number of amides is 2. The molecular formula is C32H33N5O5S. The number of fused-ring (bicyclic) bond motifs is 3. The SMILES string of the molecule is O=C1OCCC/C=C\[C@@H]2S[C@]34C=CCN(Cn5nnc6ccccc65)C(=O)C3N([C@@H](CO)Cc3ccccc3)C(=O)[C@@H]4[C@H]12. The van der Waals surface area contributed by atoms with E-state index in [0.717, 1.165) is 29.4 Å². The molecule has 1 spiro atoms. The molecule has 1 N–H and O–H groups in total. The average Bonchev–Trinajstić information content (AvgIpc) is 3.63. The Kier molecular flexibility index (Phi) is 7.30. The lowest BCUT2D eigenvalue weighted by Crippen LogP contribution is -2.57. The third-order valence-corrected chi connectivity index (χ3v) is 10.8. The number of hydrogen-bond donors (Lipinski definition) is 1. The van der Waals surface area contributed by atoms with Crippen LogP contribution in [0.3, 0.4) is 0 Å². The van der Waals surface area contributed by atoms with Gasteiger partial charge in [-0.3, -0.25) is 14.4 Å². The fraction of sp³-hybridized carbons (Fsp3) is 0.406. The van der Waals surface area contributed by atoms with Crippen LogP contribution in [0.25, 0.3) is 11.0 Å². The van der Waals surface area contributed by atoms with Crippen molar-refractivity contribution in [2.24, 2.45) is 11.8 Å². The number of esters is 1. The zero-order chi connectivity index (χ0) is 29.6. The molecule has 2 fully saturated rings. The van der Waals surface area contributed by atoms with E-state index in [2.05, 4.69) is 16.4 Å². The van der Waals surface area contributed by atoms with E-state index in [1.165, 1.54) is 11.8 Å². The van der Waals surface area contributed by atoms with Crippen molar-refractivity contribution < 1.29 is 24.2 Å². The van der Waals surface area contributed by atoms with E-state index in [9.17, 15) is 19.5 Å². The largest absolute Gasteiger partial charge is 0.465 e. The van der Waals surface area contributed by atoms with E-state index in [-0.39, 0.29) is 30.3 Å². The Hall–Kier alpha value is -3.96. The molecule has 2 saturated heterocycles. The molecule has 2 aromatic carbocycles. The molecule has 2 amide bonds. The first-order valence-corrected chi connectivity index (χ1v) is 15.6. The number of hydrogen-bond acceptors (Lipinski definition) is 8. The molecule has 0 saturated carbocycles. The molecule has 1 aromatic heterocycles. The Morgan fingerprint density at radius 2 is 1.86 bits per heavy atom. The van der Waals surface area contributed by atoms with E-state index in [1.807, 2.05) is 72.8 Å². The number of rotatable bonds is 6. The third kappa shape index (κ3) is 4.65. The summed E-state index contributed by atoms with van der Waals surface area (Å²) >= 11 is 1.50. The summed E-state index contributed by atoms with van der Waals surface area (Å²) < 4.78 is 6.35. The number of para-hydroxylation sites is 1. The molecule has 7 rings (SSSR count). The maximum Gasteiger partial charge on any atom is 0.311 e. The Balaban J connectivity index is 1.31. The molecule has 0 radical (unpaired) electrons. The second-order valence-electron chi connectivity index (χ2n) is 11.5. The van der Waals surface area contributed by atoms with Crippen molar-refractivity contribution in [1.29, 1.82) is 0 Å². The maximum absolute atomic E-state index is 14.7. The van der Waals surface area contributed by atoms with Crippen LogP contribution in [-0.4, -0.2) is 89.5 Å². The predicted octanol–water partition coefficient (Wildman–Crippen LogP) is 2.58. The number of cyclic esters (lactones) is 1. The number of carbonyl (C=O) groups excluding carboxylic acids is 3. The molecule has 0 aliphatic carbocycles. The first-order chi connectivity index (χ1) is 21.0. The standard InChI is InChI=1S/C32H33N5O5S/c38-19-22(18-21-10-3-1-4-11-21)37-28-30(40)35(20-36-24-13-7-6-12-23(24)33-34-36)16-9-15-32(28)27(29(37)39)26-25(43-32)14-5-2-8-17-42-31(26)41/h1,3-7,9-15,22,25-28,38H,2,8,16-20H2/b14-5-/t22-,25+,26-,27+,28?,32+/m1/s1. The average molecular weight is 600 g/mol. The van der Waals surface area contributed by atoms with E-state index in [1.54, 1.807) is 14.5 Å². The summed E-state index contributed by atoms with van der Waals surface area (Å²) in [7, 11) is 0. The third-order valence-electron chi connectivity index (χ3n) is 9.02. The van der Waals surface area contributed by atoms with Gasteiger partial charge in [0, 0.05) is 11.8 Å². The van der Waals surface area contributed by atoms with Gasteiger partial charge in [-0.2, -0.15) is 0 Å². The van der Waals surface area contributed by atoms with Crippen molar-refractivity contribution >= 4 is 40.6 Å². The molecule has 0 bridgehead atoms.